The predicted molar refractivity (Wildman–Crippen MR) is 99.1 cm³/mol. The molecule has 0 aliphatic carbocycles. The summed E-state index contributed by atoms with van der Waals surface area (Å²) in [5.74, 6) is -1.12. The lowest BCUT2D eigenvalue weighted by molar-refractivity contribution is -0.141. The highest BCUT2D eigenvalue weighted by molar-refractivity contribution is 6.04. The molecule has 25 heavy (non-hydrogen) atoms. The van der Waals surface area contributed by atoms with Gasteiger partial charge in [0, 0.05) is 24.3 Å². The van der Waals surface area contributed by atoms with Crippen molar-refractivity contribution in [2.24, 2.45) is 5.92 Å². The quantitative estimate of drug-likeness (QED) is 0.858. The number of carbonyl (C=O) groups excluding carboxylic acids is 1. The second-order valence-electron chi connectivity index (χ2n) is 6.08. The molecule has 2 N–H and O–H groups in total. The molecule has 0 radical (unpaired) electrons. The van der Waals surface area contributed by atoms with Gasteiger partial charge >= 0.3 is 5.97 Å². The molecule has 1 atom stereocenters. The van der Waals surface area contributed by atoms with Crippen LogP contribution in [0.3, 0.4) is 0 Å². The zero-order valence-electron chi connectivity index (χ0n) is 13.7. The molecule has 2 aromatic rings. The largest absolute Gasteiger partial charge is 0.481 e. The number of nitrogens with one attached hydrogen (secondary N) is 1. The minimum atomic E-state index is -0.717. The molecule has 3 rings (SSSR count). The van der Waals surface area contributed by atoms with Crippen molar-refractivity contribution in [2.45, 2.75) is 13.0 Å². The van der Waals surface area contributed by atoms with Crippen molar-refractivity contribution in [3.05, 3.63) is 65.7 Å². The van der Waals surface area contributed by atoms with E-state index < -0.39 is 5.97 Å². The molecule has 1 amide bonds. The van der Waals surface area contributed by atoms with Crippen LogP contribution in [0.2, 0.25) is 0 Å². The van der Waals surface area contributed by atoms with E-state index in [1.165, 1.54) is 0 Å². The fraction of sp³-hybridized carbons (Fsp3) is 0.263. The van der Waals surface area contributed by atoms with Crippen LogP contribution in [0, 0.1) is 5.92 Å². The highest BCUT2D eigenvalue weighted by Gasteiger charge is 2.27. The van der Waals surface area contributed by atoms with E-state index in [1.54, 1.807) is 12.1 Å². The summed E-state index contributed by atoms with van der Waals surface area (Å²) >= 11 is 0. The number of para-hydroxylation sites is 1. The van der Waals surface area contributed by atoms with Gasteiger partial charge in [-0.25, -0.2) is 0 Å². The van der Waals surface area contributed by atoms with Crippen molar-refractivity contribution in [2.75, 3.05) is 18.4 Å². The number of aliphatic carboxylic acids is 1. The Bertz CT molecular complexity index is 719. The molecule has 1 unspecified atom stereocenters. The number of halogens is 1. The number of rotatable bonds is 5. The lowest BCUT2D eigenvalue weighted by Gasteiger charge is -2.15. The van der Waals surface area contributed by atoms with E-state index in [1.807, 2.05) is 42.5 Å². The zero-order chi connectivity index (χ0) is 16.9. The number of carbonyl (C=O) groups is 2. The zero-order valence-corrected chi connectivity index (χ0v) is 14.5. The molecule has 6 heteroatoms. The normalized spacial score (nSPS) is 16.9. The lowest BCUT2D eigenvalue weighted by atomic mass is 10.1. The maximum Gasteiger partial charge on any atom is 0.307 e. The number of anilines is 1. The molecule has 1 aliphatic heterocycles. The Hall–Kier alpha value is -2.37. The third-order valence-electron chi connectivity index (χ3n) is 4.28. The van der Waals surface area contributed by atoms with Gasteiger partial charge in [0.2, 0.25) is 0 Å². The summed E-state index contributed by atoms with van der Waals surface area (Å²) in [6.45, 7) is 2.10. The van der Waals surface area contributed by atoms with Gasteiger partial charge in [0.15, 0.2) is 0 Å². The van der Waals surface area contributed by atoms with Crippen LogP contribution in [0.25, 0.3) is 0 Å². The van der Waals surface area contributed by atoms with E-state index >= 15 is 0 Å². The van der Waals surface area contributed by atoms with Crippen LogP contribution in [0.5, 0.6) is 0 Å². The Morgan fingerprint density at radius 3 is 2.36 bits per heavy atom. The lowest BCUT2D eigenvalue weighted by Crippen LogP contribution is -2.22. The Morgan fingerprint density at radius 1 is 1.08 bits per heavy atom. The Balaban J connectivity index is 0.00000225. The molecule has 0 aromatic heterocycles. The topological polar surface area (TPSA) is 69.6 Å². The molecule has 1 aliphatic rings. The number of likely N-dealkylation sites (tertiary alicyclic amines) is 1. The molecule has 0 saturated carbocycles. The van der Waals surface area contributed by atoms with Crippen molar-refractivity contribution in [1.29, 1.82) is 0 Å². The van der Waals surface area contributed by atoms with Crippen molar-refractivity contribution < 1.29 is 14.7 Å². The maximum atomic E-state index is 12.2. The van der Waals surface area contributed by atoms with Crippen LogP contribution in [-0.2, 0) is 11.3 Å². The fourth-order valence-electron chi connectivity index (χ4n) is 2.92. The molecule has 0 bridgehead atoms. The van der Waals surface area contributed by atoms with E-state index in [0.717, 1.165) is 17.8 Å². The molecule has 5 nitrogen and oxygen atoms in total. The smallest absolute Gasteiger partial charge is 0.307 e. The van der Waals surface area contributed by atoms with E-state index in [-0.39, 0.29) is 24.2 Å². The van der Waals surface area contributed by atoms with Crippen molar-refractivity contribution in [3.63, 3.8) is 0 Å². The molecular formula is C19H21ClN2O3. The number of benzene rings is 2. The van der Waals surface area contributed by atoms with Gasteiger partial charge in [-0.1, -0.05) is 30.3 Å². The Morgan fingerprint density at radius 2 is 1.76 bits per heavy atom. The van der Waals surface area contributed by atoms with Crippen LogP contribution >= 0.6 is 12.4 Å². The summed E-state index contributed by atoms with van der Waals surface area (Å²) in [6.07, 6.45) is 0.701. The monoisotopic (exact) mass is 360 g/mol. The minimum Gasteiger partial charge on any atom is -0.481 e. The summed E-state index contributed by atoms with van der Waals surface area (Å²) in [4.78, 5) is 25.3. The maximum absolute atomic E-state index is 12.2. The highest BCUT2D eigenvalue weighted by atomic mass is 35.5. The molecule has 1 fully saturated rings. The van der Waals surface area contributed by atoms with Crippen LogP contribution in [-0.4, -0.2) is 35.0 Å². The average Bonchev–Trinajstić information content (AvgIpc) is 3.05. The van der Waals surface area contributed by atoms with Crippen LogP contribution in [0.4, 0.5) is 5.69 Å². The number of nitrogens with zero attached hydrogens (tertiary/aromatic N) is 1. The fourth-order valence-corrected chi connectivity index (χ4v) is 2.92. The molecular weight excluding hydrogens is 340 g/mol. The summed E-state index contributed by atoms with van der Waals surface area (Å²) in [5, 5.41) is 11.9. The van der Waals surface area contributed by atoms with Crippen LogP contribution in [0.15, 0.2) is 54.6 Å². The van der Waals surface area contributed by atoms with Crippen molar-refractivity contribution in [3.8, 4) is 0 Å². The van der Waals surface area contributed by atoms with Gasteiger partial charge in [0.05, 0.1) is 5.92 Å². The average molecular weight is 361 g/mol. The number of carboxylic acid groups (broad SMARTS) is 1. The van der Waals surface area contributed by atoms with E-state index in [9.17, 15) is 9.59 Å². The van der Waals surface area contributed by atoms with E-state index in [4.69, 9.17) is 5.11 Å². The summed E-state index contributed by atoms with van der Waals surface area (Å²) < 4.78 is 0. The second kappa shape index (κ2) is 8.65. The third kappa shape index (κ3) is 5.05. The first-order valence-corrected chi connectivity index (χ1v) is 8.02. The summed E-state index contributed by atoms with van der Waals surface area (Å²) in [5.41, 5.74) is 2.45. The predicted octanol–water partition coefficient (Wildman–Crippen LogP) is 3.27. The first-order valence-electron chi connectivity index (χ1n) is 8.02. The van der Waals surface area contributed by atoms with Gasteiger partial charge < -0.3 is 10.4 Å². The third-order valence-corrected chi connectivity index (χ3v) is 4.28. The second-order valence-corrected chi connectivity index (χ2v) is 6.08. The van der Waals surface area contributed by atoms with Gasteiger partial charge in [-0.05, 0) is 42.8 Å². The first kappa shape index (κ1) is 19.0. The number of amides is 1. The summed E-state index contributed by atoms with van der Waals surface area (Å²) in [7, 11) is 0. The SMILES string of the molecule is Cl.O=C(Nc1ccccc1)c1ccc(CN2CCC(C(=O)O)C2)cc1. The number of hydrogen-bond acceptors (Lipinski definition) is 3. The van der Waals surface area contributed by atoms with Crippen LogP contribution in [0.1, 0.15) is 22.3 Å². The summed E-state index contributed by atoms with van der Waals surface area (Å²) in [6, 6.07) is 16.8. The molecule has 132 valence electrons. The van der Waals surface area contributed by atoms with E-state index in [2.05, 4.69) is 10.2 Å². The van der Waals surface area contributed by atoms with Gasteiger partial charge in [0.25, 0.3) is 5.91 Å². The Kier molecular flexibility index (Phi) is 6.56. The molecule has 0 spiro atoms. The van der Waals surface area contributed by atoms with Crippen molar-refractivity contribution >= 4 is 30.0 Å². The molecule has 1 saturated heterocycles. The van der Waals surface area contributed by atoms with Gasteiger partial charge in [-0.2, -0.15) is 0 Å². The van der Waals surface area contributed by atoms with Gasteiger partial charge in [-0.3, -0.25) is 14.5 Å². The van der Waals surface area contributed by atoms with Gasteiger partial charge in [0.1, 0.15) is 0 Å². The molecule has 1 heterocycles. The minimum absolute atomic E-state index is 0. The van der Waals surface area contributed by atoms with E-state index in [0.29, 0.717) is 25.1 Å². The van der Waals surface area contributed by atoms with Crippen molar-refractivity contribution in [1.82, 2.24) is 4.90 Å². The Labute approximate surface area is 153 Å². The molecule has 2 aromatic carbocycles. The van der Waals surface area contributed by atoms with Crippen LogP contribution < -0.4 is 5.32 Å². The van der Waals surface area contributed by atoms with Gasteiger partial charge in [-0.15, -0.1) is 12.4 Å². The highest BCUT2D eigenvalue weighted by Crippen LogP contribution is 2.19. The standard InChI is InChI=1S/C19H20N2O3.ClH/c22-18(20-17-4-2-1-3-5-17)15-8-6-14(7-9-15)12-21-11-10-16(13-21)19(23)24;/h1-9,16H,10-13H2,(H,20,22)(H,23,24);1H. The number of carboxylic acids is 1. The first-order chi connectivity index (χ1) is 11.6. The number of hydrogen-bond donors (Lipinski definition) is 2.